The van der Waals surface area contributed by atoms with Crippen molar-refractivity contribution in [2.75, 3.05) is 0 Å². The van der Waals surface area contributed by atoms with Crippen LogP contribution >= 0.6 is 0 Å². The van der Waals surface area contributed by atoms with Crippen molar-refractivity contribution in [3.8, 4) is 0 Å². The van der Waals surface area contributed by atoms with Gasteiger partial charge in [0.15, 0.2) is 0 Å². The molecule has 1 aliphatic carbocycles. The molecule has 0 unspecified atom stereocenters. The Balaban J connectivity index is 1.73. The summed E-state index contributed by atoms with van der Waals surface area (Å²) in [4.78, 5) is 9.67. The first-order valence-corrected chi connectivity index (χ1v) is 12.3. The molecule has 164 valence electrons. The van der Waals surface area contributed by atoms with Crippen molar-refractivity contribution in [2.45, 2.75) is 59.3 Å². The van der Waals surface area contributed by atoms with Crippen LogP contribution in [0.5, 0.6) is 0 Å². The van der Waals surface area contributed by atoms with Gasteiger partial charge in [0, 0.05) is 16.2 Å². The molecule has 0 aliphatic heterocycles. The van der Waals surface area contributed by atoms with E-state index >= 15 is 0 Å². The van der Waals surface area contributed by atoms with Gasteiger partial charge >= 0.3 is 0 Å². The number of benzene rings is 3. The van der Waals surface area contributed by atoms with E-state index in [-0.39, 0.29) is 0 Å². The van der Waals surface area contributed by atoms with Crippen LogP contribution in [0.15, 0.2) is 48.8 Å². The normalized spacial score (nSPS) is 17.3. The number of para-hydroxylation sites is 1. The van der Waals surface area contributed by atoms with Gasteiger partial charge in [-0.1, -0.05) is 43.7 Å². The largest absolute Gasteiger partial charge is 0.308 e. The van der Waals surface area contributed by atoms with E-state index < -0.39 is 0 Å². The molecular formula is C30H29N3. The Morgan fingerprint density at radius 1 is 0.879 bits per heavy atom. The summed E-state index contributed by atoms with van der Waals surface area (Å²) in [5.74, 6) is 0.584. The van der Waals surface area contributed by atoms with Crippen molar-refractivity contribution in [2.24, 2.45) is 5.41 Å². The first-order chi connectivity index (χ1) is 15.9. The highest BCUT2D eigenvalue weighted by Gasteiger charge is 2.31. The third-order valence-electron chi connectivity index (χ3n) is 8.27. The molecule has 1 saturated carbocycles. The van der Waals surface area contributed by atoms with Crippen LogP contribution in [0, 0.1) is 19.3 Å². The van der Waals surface area contributed by atoms with Crippen molar-refractivity contribution < 1.29 is 0 Å². The first-order valence-electron chi connectivity index (χ1n) is 12.3. The van der Waals surface area contributed by atoms with Gasteiger partial charge < -0.3 is 4.40 Å². The van der Waals surface area contributed by atoms with Crippen LogP contribution in [-0.2, 0) is 0 Å². The van der Waals surface area contributed by atoms with Crippen LogP contribution in [0.25, 0.3) is 49.1 Å². The molecule has 0 N–H and O–H groups in total. The zero-order valence-corrected chi connectivity index (χ0v) is 19.9. The molecule has 0 atom stereocenters. The van der Waals surface area contributed by atoms with Crippen molar-refractivity contribution >= 4 is 49.1 Å². The predicted molar refractivity (Wildman–Crippen MR) is 139 cm³/mol. The Hall–Kier alpha value is -3.20. The minimum Gasteiger partial charge on any atom is -0.308 e. The van der Waals surface area contributed by atoms with E-state index in [1.54, 1.807) is 6.33 Å². The Morgan fingerprint density at radius 3 is 2.48 bits per heavy atom. The molecule has 33 heavy (non-hydrogen) atoms. The Morgan fingerprint density at radius 2 is 1.67 bits per heavy atom. The predicted octanol–water partition coefficient (Wildman–Crippen LogP) is 8.08. The number of nitrogens with zero attached hydrogens (tertiary/aromatic N) is 3. The van der Waals surface area contributed by atoms with Crippen LogP contribution in [0.3, 0.4) is 0 Å². The minimum absolute atomic E-state index is 0.454. The lowest BCUT2D eigenvalue weighted by Crippen LogP contribution is -2.20. The number of aromatic nitrogens is 3. The highest BCUT2D eigenvalue weighted by atomic mass is 14.9. The van der Waals surface area contributed by atoms with Crippen LogP contribution < -0.4 is 0 Å². The maximum atomic E-state index is 4.85. The molecule has 0 radical (unpaired) electrons. The van der Waals surface area contributed by atoms with Gasteiger partial charge in [0.2, 0.25) is 0 Å². The van der Waals surface area contributed by atoms with Crippen LogP contribution in [-0.4, -0.2) is 14.4 Å². The van der Waals surface area contributed by atoms with Crippen LogP contribution in [0.4, 0.5) is 0 Å². The molecule has 0 bridgehead atoms. The second-order valence-corrected chi connectivity index (χ2v) is 11.1. The lowest BCUT2D eigenvalue weighted by molar-refractivity contribution is 0.225. The number of fused-ring (bicyclic) bond motifs is 6. The third kappa shape index (κ3) is 2.57. The van der Waals surface area contributed by atoms with Crippen molar-refractivity contribution in [3.05, 3.63) is 65.5 Å². The number of rotatable bonds is 1. The van der Waals surface area contributed by atoms with Crippen LogP contribution in [0.2, 0.25) is 0 Å². The monoisotopic (exact) mass is 431 g/mol. The summed E-state index contributed by atoms with van der Waals surface area (Å²) >= 11 is 0. The minimum atomic E-state index is 0.454. The van der Waals surface area contributed by atoms with E-state index in [2.05, 4.69) is 74.6 Å². The average molecular weight is 432 g/mol. The molecule has 1 aliphatic rings. The van der Waals surface area contributed by atoms with E-state index in [1.165, 1.54) is 80.5 Å². The molecule has 0 spiro atoms. The van der Waals surface area contributed by atoms with Crippen molar-refractivity contribution in [1.29, 1.82) is 0 Å². The van der Waals surface area contributed by atoms with E-state index in [0.717, 1.165) is 11.0 Å². The first kappa shape index (κ1) is 19.3. The number of hydrogen-bond donors (Lipinski definition) is 0. The molecule has 3 nitrogen and oxygen atoms in total. The smallest absolute Gasteiger partial charge is 0.116 e. The zero-order valence-electron chi connectivity index (χ0n) is 19.9. The van der Waals surface area contributed by atoms with Gasteiger partial charge in [0.1, 0.15) is 6.33 Å². The Kier molecular flexibility index (Phi) is 3.76. The summed E-state index contributed by atoms with van der Waals surface area (Å²) in [7, 11) is 0. The lowest BCUT2D eigenvalue weighted by atomic mass is 9.70. The second-order valence-electron chi connectivity index (χ2n) is 11.1. The van der Waals surface area contributed by atoms with Crippen molar-refractivity contribution in [3.63, 3.8) is 0 Å². The quantitative estimate of drug-likeness (QED) is 0.194. The summed E-state index contributed by atoms with van der Waals surface area (Å²) < 4.78 is 2.52. The molecule has 3 heterocycles. The number of hydrogen-bond acceptors (Lipinski definition) is 2. The molecule has 3 heteroatoms. The maximum absolute atomic E-state index is 4.85. The fourth-order valence-corrected chi connectivity index (χ4v) is 6.64. The molecule has 0 amide bonds. The van der Waals surface area contributed by atoms with Crippen LogP contribution in [0.1, 0.15) is 62.1 Å². The second kappa shape index (κ2) is 6.44. The van der Waals surface area contributed by atoms with Gasteiger partial charge in [-0.15, -0.1) is 0 Å². The molecule has 7 rings (SSSR count). The average Bonchev–Trinajstić information content (AvgIpc) is 3.14. The molecule has 1 fully saturated rings. The third-order valence-corrected chi connectivity index (χ3v) is 8.27. The summed E-state index contributed by atoms with van der Waals surface area (Å²) in [6.07, 6.45) is 6.83. The van der Waals surface area contributed by atoms with E-state index in [9.17, 15) is 0 Å². The molecule has 6 aromatic rings. The van der Waals surface area contributed by atoms with Gasteiger partial charge in [-0.2, -0.15) is 0 Å². The Labute approximate surface area is 193 Å². The standard InChI is InChI=1S/C30H29N3/c1-17-13-18(2)28-22(14-17)27-26-23(31-16-32-27)15-21(19-9-11-30(3,4)12-10-19)25-20-7-5-6-8-24(20)33(28)29(25)26/h5-8,13-16,19H,9-12H2,1-4H3. The van der Waals surface area contributed by atoms with Gasteiger partial charge in [-0.25, -0.2) is 9.97 Å². The summed E-state index contributed by atoms with van der Waals surface area (Å²) in [6.45, 7) is 9.26. The highest BCUT2D eigenvalue weighted by Crippen LogP contribution is 2.48. The van der Waals surface area contributed by atoms with E-state index in [4.69, 9.17) is 9.97 Å². The zero-order chi connectivity index (χ0) is 22.5. The van der Waals surface area contributed by atoms with E-state index in [1.807, 2.05) is 0 Å². The van der Waals surface area contributed by atoms with E-state index in [0.29, 0.717) is 11.3 Å². The Bertz CT molecular complexity index is 1710. The molecular weight excluding hydrogens is 402 g/mol. The van der Waals surface area contributed by atoms with Crippen molar-refractivity contribution in [1.82, 2.24) is 14.4 Å². The number of aryl methyl sites for hydroxylation is 2. The summed E-state index contributed by atoms with van der Waals surface area (Å²) in [5, 5.41) is 5.21. The fourth-order valence-electron chi connectivity index (χ4n) is 6.64. The molecule has 0 saturated heterocycles. The summed E-state index contributed by atoms with van der Waals surface area (Å²) in [5.41, 5.74) is 10.6. The van der Waals surface area contributed by atoms with Gasteiger partial charge in [-0.3, -0.25) is 0 Å². The highest BCUT2D eigenvalue weighted by molar-refractivity contribution is 6.28. The fraction of sp³-hybridized carbons (Fsp3) is 0.333. The molecule has 3 aromatic carbocycles. The SMILES string of the molecule is Cc1cc(C)c2c(c1)c1ncnc3cc(C4CCC(C)(C)CC4)c4c5ccccc5n2c4c31. The maximum Gasteiger partial charge on any atom is 0.116 e. The lowest BCUT2D eigenvalue weighted by Gasteiger charge is -2.35. The molecule has 3 aromatic heterocycles. The van der Waals surface area contributed by atoms with Gasteiger partial charge in [-0.05, 0) is 80.2 Å². The topological polar surface area (TPSA) is 30.2 Å². The summed E-state index contributed by atoms with van der Waals surface area (Å²) in [6, 6.07) is 16.0. The number of pyridine rings is 1. The van der Waals surface area contributed by atoms with Gasteiger partial charge in [0.25, 0.3) is 0 Å². The van der Waals surface area contributed by atoms with Gasteiger partial charge in [0.05, 0.1) is 33.0 Å².